The van der Waals surface area contributed by atoms with Gasteiger partial charge in [0.15, 0.2) is 5.82 Å². The van der Waals surface area contributed by atoms with Crippen molar-refractivity contribution in [2.45, 2.75) is 17.4 Å². The molecule has 122 valence electrons. The minimum absolute atomic E-state index is 0.168. The predicted octanol–water partition coefficient (Wildman–Crippen LogP) is 1.15. The van der Waals surface area contributed by atoms with E-state index in [1.54, 1.807) is 0 Å². The molecule has 1 N–H and O–H groups in total. The monoisotopic (exact) mass is 347 g/mol. The highest BCUT2D eigenvalue weighted by atomic mass is 35.5. The van der Waals surface area contributed by atoms with Crippen LogP contribution in [0.25, 0.3) is 0 Å². The number of piperazine rings is 1. The summed E-state index contributed by atoms with van der Waals surface area (Å²) in [5, 5.41) is 3.11. The van der Waals surface area contributed by atoms with Gasteiger partial charge in [-0.2, -0.15) is 4.31 Å². The van der Waals surface area contributed by atoms with Crippen LogP contribution in [0.3, 0.4) is 0 Å². The van der Waals surface area contributed by atoms with Gasteiger partial charge in [-0.1, -0.05) is 17.7 Å². The molecular formula is C14H19ClFN3O2S. The van der Waals surface area contributed by atoms with Gasteiger partial charge in [0.05, 0.1) is 5.02 Å². The lowest BCUT2D eigenvalue weighted by molar-refractivity contribution is 0.179. The Morgan fingerprint density at radius 2 is 1.95 bits per heavy atom. The molecule has 2 saturated heterocycles. The first-order valence-electron chi connectivity index (χ1n) is 7.39. The van der Waals surface area contributed by atoms with Crippen molar-refractivity contribution >= 4 is 21.6 Å². The molecule has 1 aromatic carbocycles. The van der Waals surface area contributed by atoms with Crippen molar-refractivity contribution in [2.24, 2.45) is 0 Å². The molecule has 2 aliphatic heterocycles. The number of benzene rings is 1. The normalized spacial score (nSPS) is 24.7. The van der Waals surface area contributed by atoms with Crippen LogP contribution in [-0.4, -0.2) is 62.9 Å². The lowest BCUT2D eigenvalue weighted by Crippen LogP contribution is -2.49. The third-order valence-electron chi connectivity index (χ3n) is 4.33. The molecule has 22 heavy (non-hydrogen) atoms. The molecule has 5 nitrogen and oxygen atoms in total. The van der Waals surface area contributed by atoms with Crippen molar-refractivity contribution in [3.8, 4) is 0 Å². The van der Waals surface area contributed by atoms with E-state index in [-0.39, 0.29) is 16.0 Å². The maximum absolute atomic E-state index is 14.0. The average molecular weight is 348 g/mol. The smallest absolute Gasteiger partial charge is 0.246 e. The molecule has 0 saturated carbocycles. The molecule has 0 radical (unpaired) electrons. The highest BCUT2D eigenvalue weighted by Crippen LogP contribution is 2.28. The summed E-state index contributed by atoms with van der Waals surface area (Å²) >= 11 is 5.70. The Labute approximate surface area is 135 Å². The third-order valence-corrected chi connectivity index (χ3v) is 6.50. The maximum atomic E-state index is 14.0. The fourth-order valence-electron chi connectivity index (χ4n) is 3.10. The second kappa shape index (κ2) is 6.41. The highest BCUT2D eigenvalue weighted by Gasteiger charge is 2.36. The Kier molecular flexibility index (Phi) is 4.70. The largest absolute Gasteiger partial charge is 0.314 e. The number of hydrogen-bond donors (Lipinski definition) is 1. The first-order chi connectivity index (χ1) is 10.5. The van der Waals surface area contributed by atoms with Crippen LogP contribution in [0.15, 0.2) is 23.1 Å². The van der Waals surface area contributed by atoms with Crippen molar-refractivity contribution < 1.29 is 12.8 Å². The summed E-state index contributed by atoms with van der Waals surface area (Å²) < 4.78 is 40.7. The molecule has 2 heterocycles. The molecular weight excluding hydrogens is 329 g/mol. The zero-order chi connectivity index (χ0) is 15.7. The van der Waals surface area contributed by atoms with Crippen molar-refractivity contribution in [3.63, 3.8) is 0 Å². The van der Waals surface area contributed by atoms with Gasteiger partial charge in [-0.3, -0.25) is 4.90 Å². The van der Waals surface area contributed by atoms with E-state index in [9.17, 15) is 12.8 Å². The summed E-state index contributed by atoms with van der Waals surface area (Å²) in [6.07, 6.45) is 0.779. The van der Waals surface area contributed by atoms with Crippen LogP contribution < -0.4 is 5.32 Å². The first kappa shape index (κ1) is 16.1. The Hall–Kier alpha value is -0.730. The predicted molar refractivity (Wildman–Crippen MR) is 83.0 cm³/mol. The average Bonchev–Trinajstić information content (AvgIpc) is 3.01. The number of rotatable bonds is 3. The molecule has 0 aromatic heterocycles. The van der Waals surface area contributed by atoms with E-state index in [1.165, 1.54) is 22.5 Å². The molecule has 1 unspecified atom stereocenters. The molecule has 2 aliphatic rings. The van der Waals surface area contributed by atoms with Crippen LogP contribution in [0.4, 0.5) is 4.39 Å². The molecule has 3 rings (SSSR count). The Morgan fingerprint density at radius 1 is 1.23 bits per heavy atom. The zero-order valence-electron chi connectivity index (χ0n) is 12.1. The maximum Gasteiger partial charge on any atom is 0.246 e. The van der Waals surface area contributed by atoms with Gasteiger partial charge in [0.25, 0.3) is 0 Å². The third kappa shape index (κ3) is 3.00. The summed E-state index contributed by atoms with van der Waals surface area (Å²) in [6.45, 7) is 4.52. The first-order valence-corrected chi connectivity index (χ1v) is 9.21. The SMILES string of the molecule is O=S(=O)(c1cccc(Cl)c1F)N1CCC(N2CCNCC2)C1. The molecule has 1 aromatic rings. The number of nitrogens with zero attached hydrogens (tertiary/aromatic N) is 2. The Morgan fingerprint density at radius 3 is 2.68 bits per heavy atom. The van der Waals surface area contributed by atoms with Crippen LogP contribution in [0, 0.1) is 5.82 Å². The summed E-state index contributed by atoms with van der Waals surface area (Å²) in [6, 6.07) is 4.29. The fourth-order valence-corrected chi connectivity index (χ4v) is 4.91. The van der Waals surface area contributed by atoms with E-state index >= 15 is 0 Å². The standard InChI is InChI=1S/C14H19ClFN3O2S/c15-12-2-1-3-13(14(12)16)22(20,21)19-7-4-11(10-19)18-8-5-17-6-9-18/h1-3,11,17H,4-10H2. The Bertz CT molecular complexity index is 649. The van der Waals surface area contributed by atoms with E-state index in [0.717, 1.165) is 32.6 Å². The molecule has 2 fully saturated rings. The summed E-state index contributed by atoms with van der Waals surface area (Å²) in [5.41, 5.74) is 0. The van der Waals surface area contributed by atoms with Gasteiger partial charge in [-0.05, 0) is 18.6 Å². The number of halogens is 2. The number of hydrogen-bond acceptors (Lipinski definition) is 4. The van der Waals surface area contributed by atoms with Crippen LogP contribution in [0.2, 0.25) is 5.02 Å². The molecule has 1 atom stereocenters. The van der Waals surface area contributed by atoms with Crippen LogP contribution >= 0.6 is 11.6 Å². The van der Waals surface area contributed by atoms with Crippen molar-refractivity contribution in [1.29, 1.82) is 0 Å². The zero-order valence-corrected chi connectivity index (χ0v) is 13.7. The molecule has 0 bridgehead atoms. The molecule has 0 spiro atoms. The lowest BCUT2D eigenvalue weighted by Gasteiger charge is -2.32. The quantitative estimate of drug-likeness (QED) is 0.891. The second-order valence-electron chi connectivity index (χ2n) is 5.64. The molecule has 0 amide bonds. The summed E-state index contributed by atoms with van der Waals surface area (Å²) in [5.74, 6) is -0.866. The fraction of sp³-hybridized carbons (Fsp3) is 0.571. The van der Waals surface area contributed by atoms with Gasteiger partial charge in [0.2, 0.25) is 10.0 Å². The van der Waals surface area contributed by atoms with E-state index in [2.05, 4.69) is 10.2 Å². The van der Waals surface area contributed by atoms with Gasteiger partial charge >= 0.3 is 0 Å². The highest BCUT2D eigenvalue weighted by molar-refractivity contribution is 7.89. The summed E-state index contributed by atoms with van der Waals surface area (Å²) in [7, 11) is -3.83. The van der Waals surface area contributed by atoms with Crippen molar-refractivity contribution in [2.75, 3.05) is 39.3 Å². The van der Waals surface area contributed by atoms with E-state index in [0.29, 0.717) is 13.1 Å². The van der Waals surface area contributed by atoms with Gasteiger partial charge in [0.1, 0.15) is 4.90 Å². The minimum atomic E-state index is -3.83. The lowest BCUT2D eigenvalue weighted by atomic mass is 10.2. The summed E-state index contributed by atoms with van der Waals surface area (Å²) in [4.78, 5) is 1.97. The molecule has 0 aliphatic carbocycles. The second-order valence-corrected chi connectivity index (χ2v) is 7.96. The Balaban J connectivity index is 1.78. The van der Waals surface area contributed by atoms with Crippen LogP contribution in [-0.2, 0) is 10.0 Å². The van der Waals surface area contributed by atoms with E-state index in [4.69, 9.17) is 11.6 Å². The minimum Gasteiger partial charge on any atom is -0.314 e. The number of sulfonamides is 1. The van der Waals surface area contributed by atoms with Crippen LogP contribution in [0.5, 0.6) is 0 Å². The van der Waals surface area contributed by atoms with Crippen molar-refractivity contribution in [3.05, 3.63) is 29.0 Å². The van der Waals surface area contributed by atoms with Crippen molar-refractivity contribution in [1.82, 2.24) is 14.5 Å². The van der Waals surface area contributed by atoms with Gasteiger partial charge in [0, 0.05) is 45.3 Å². The number of nitrogens with one attached hydrogen (secondary N) is 1. The topological polar surface area (TPSA) is 52.7 Å². The molecule has 8 heteroatoms. The van der Waals surface area contributed by atoms with Gasteiger partial charge in [-0.25, -0.2) is 12.8 Å². The van der Waals surface area contributed by atoms with Gasteiger partial charge in [-0.15, -0.1) is 0 Å². The van der Waals surface area contributed by atoms with E-state index in [1.807, 2.05) is 0 Å². The van der Waals surface area contributed by atoms with E-state index < -0.39 is 15.8 Å². The van der Waals surface area contributed by atoms with Crippen LogP contribution in [0.1, 0.15) is 6.42 Å². The van der Waals surface area contributed by atoms with Gasteiger partial charge < -0.3 is 5.32 Å².